The number of aliphatic hydroxyl groups is 1. The van der Waals surface area contributed by atoms with Crippen LogP contribution < -0.4 is 0 Å². The maximum Gasteiger partial charge on any atom is 0.357 e. The predicted octanol–water partition coefficient (Wildman–Crippen LogP) is 2.41. The zero-order chi connectivity index (χ0) is 12.1. The molecule has 0 unspecified atom stereocenters. The maximum absolute atomic E-state index is 13.9. The molecule has 2 atom stereocenters. The molecule has 0 saturated carbocycles. The molecule has 0 fully saturated rings. The fourth-order valence-corrected chi connectivity index (χ4v) is 1.87. The van der Waals surface area contributed by atoms with Crippen molar-refractivity contribution in [3.63, 3.8) is 0 Å². The van der Waals surface area contributed by atoms with Crippen LogP contribution in [0.5, 0.6) is 0 Å². The van der Waals surface area contributed by atoms with Crippen molar-refractivity contribution in [2.24, 2.45) is 5.92 Å². The van der Waals surface area contributed by atoms with Gasteiger partial charge in [-0.3, -0.25) is 0 Å². The van der Waals surface area contributed by atoms with E-state index in [0.29, 0.717) is 12.8 Å². The Kier molecular flexibility index (Phi) is 6.36. The van der Waals surface area contributed by atoms with Crippen LogP contribution in [-0.2, 0) is 9.53 Å². The summed E-state index contributed by atoms with van der Waals surface area (Å²) in [5.74, 6) is -1.33. The molecule has 0 aromatic heterocycles. The highest BCUT2D eigenvalue weighted by molar-refractivity contribution is 9.10. The van der Waals surface area contributed by atoms with Gasteiger partial charge >= 0.3 is 5.97 Å². The fraction of sp³-hybridized carbons (Fsp3) is 0.900. The molecule has 5 heteroatoms. The Labute approximate surface area is 98.1 Å². The van der Waals surface area contributed by atoms with Crippen molar-refractivity contribution < 1.29 is 19.0 Å². The van der Waals surface area contributed by atoms with Gasteiger partial charge < -0.3 is 9.84 Å². The van der Waals surface area contributed by atoms with Gasteiger partial charge in [-0.25, -0.2) is 9.18 Å². The first-order chi connectivity index (χ1) is 6.91. The molecule has 0 aliphatic heterocycles. The highest BCUT2D eigenvalue weighted by Crippen LogP contribution is 2.33. The van der Waals surface area contributed by atoms with E-state index in [-0.39, 0.29) is 12.5 Å². The molecule has 0 heterocycles. The number of aliphatic hydroxyl groups excluding tert-OH is 1. The van der Waals surface area contributed by atoms with E-state index in [0.717, 1.165) is 0 Å². The first-order valence-electron chi connectivity index (χ1n) is 5.14. The van der Waals surface area contributed by atoms with E-state index in [1.165, 1.54) is 0 Å². The zero-order valence-corrected chi connectivity index (χ0v) is 10.9. The van der Waals surface area contributed by atoms with Crippen LogP contribution in [0.3, 0.4) is 0 Å². The van der Waals surface area contributed by atoms with E-state index >= 15 is 0 Å². The maximum atomic E-state index is 13.9. The average Bonchev–Trinajstić information content (AvgIpc) is 2.19. The molecule has 90 valence electrons. The molecule has 3 nitrogen and oxygen atoms in total. The molecule has 0 aliphatic carbocycles. The molecule has 0 aromatic rings. The van der Waals surface area contributed by atoms with Gasteiger partial charge in [0, 0.05) is 0 Å². The Morgan fingerprint density at radius 1 is 1.47 bits per heavy atom. The van der Waals surface area contributed by atoms with Crippen molar-refractivity contribution in [1.82, 2.24) is 0 Å². The first kappa shape index (κ1) is 14.8. The summed E-state index contributed by atoms with van der Waals surface area (Å²) in [6.45, 7) is 5.35. The Bertz CT molecular complexity index is 205. The van der Waals surface area contributed by atoms with E-state index in [9.17, 15) is 14.3 Å². The topological polar surface area (TPSA) is 46.5 Å². The SMILES string of the molecule is CCOC(=O)[C@](F)(Br)[C@H](O)C(CC)CC. The standard InChI is InChI=1S/C10H18BrFO3/c1-4-7(5-2)8(13)10(11,12)9(14)15-6-3/h7-8,13H,4-6H2,1-3H3/t8-,10+/m1/s1. The number of alkyl halides is 2. The third kappa shape index (κ3) is 3.72. The number of rotatable bonds is 6. The summed E-state index contributed by atoms with van der Waals surface area (Å²) in [6.07, 6.45) is -0.172. The summed E-state index contributed by atoms with van der Waals surface area (Å²) in [7, 11) is 0. The summed E-state index contributed by atoms with van der Waals surface area (Å²) in [4.78, 5) is 11.2. The van der Waals surface area contributed by atoms with Crippen molar-refractivity contribution in [3.8, 4) is 0 Å². The number of esters is 1. The number of carbonyl (C=O) groups excluding carboxylic acids is 1. The van der Waals surface area contributed by atoms with Crippen LogP contribution in [0.15, 0.2) is 0 Å². The minimum absolute atomic E-state index is 0.0890. The van der Waals surface area contributed by atoms with Crippen molar-refractivity contribution in [2.45, 2.75) is 44.3 Å². The molecule has 0 saturated heterocycles. The van der Waals surface area contributed by atoms with Gasteiger partial charge in [-0.2, -0.15) is 0 Å². The summed E-state index contributed by atoms with van der Waals surface area (Å²) < 4.78 is 15.9. The second-order valence-corrected chi connectivity index (χ2v) is 4.52. The second kappa shape index (κ2) is 6.43. The lowest BCUT2D eigenvalue weighted by Gasteiger charge is -2.28. The van der Waals surface area contributed by atoms with Gasteiger partial charge in [-0.05, 0) is 28.8 Å². The van der Waals surface area contributed by atoms with Crippen LogP contribution in [0.1, 0.15) is 33.6 Å². The predicted molar refractivity (Wildman–Crippen MR) is 59.5 cm³/mol. The minimum Gasteiger partial charge on any atom is -0.463 e. The van der Waals surface area contributed by atoms with Gasteiger partial charge in [-0.1, -0.05) is 26.7 Å². The Morgan fingerprint density at radius 2 is 1.93 bits per heavy atom. The number of hydrogen-bond acceptors (Lipinski definition) is 3. The second-order valence-electron chi connectivity index (χ2n) is 3.36. The highest BCUT2D eigenvalue weighted by Gasteiger charge is 2.47. The molecular weight excluding hydrogens is 267 g/mol. The van der Waals surface area contributed by atoms with Crippen LogP contribution in [0.25, 0.3) is 0 Å². The van der Waals surface area contributed by atoms with E-state index in [4.69, 9.17) is 0 Å². The summed E-state index contributed by atoms with van der Waals surface area (Å²) >= 11 is 2.60. The number of carbonyl (C=O) groups is 1. The Balaban J connectivity index is 4.61. The van der Waals surface area contributed by atoms with Crippen LogP contribution >= 0.6 is 15.9 Å². The van der Waals surface area contributed by atoms with Crippen molar-refractivity contribution in [3.05, 3.63) is 0 Å². The Hall–Kier alpha value is -0.160. The first-order valence-corrected chi connectivity index (χ1v) is 5.94. The quantitative estimate of drug-likeness (QED) is 0.602. The van der Waals surface area contributed by atoms with Gasteiger partial charge in [0.05, 0.1) is 6.61 Å². The molecule has 0 aromatic carbocycles. The summed E-state index contributed by atoms with van der Waals surface area (Å²) in [5.41, 5.74) is 0. The van der Waals surface area contributed by atoms with E-state index < -0.39 is 16.7 Å². The fourth-order valence-electron chi connectivity index (χ4n) is 1.38. The molecule has 0 rings (SSSR count). The highest BCUT2D eigenvalue weighted by atomic mass is 79.9. The lowest BCUT2D eigenvalue weighted by molar-refractivity contribution is -0.158. The zero-order valence-electron chi connectivity index (χ0n) is 9.30. The molecule has 0 radical (unpaired) electrons. The van der Waals surface area contributed by atoms with Gasteiger partial charge in [0.2, 0.25) is 0 Å². The molecular formula is C10H18BrFO3. The summed E-state index contributed by atoms with van der Waals surface area (Å²) in [6, 6.07) is 0. The number of hydrogen-bond donors (Lipinski definition) is 1. The van der Waals surface area contributed by atoms with Crippen molar-refractivity contribution in [1.29, 1.82) is 0 Å². The van der Waals surface area contributed by atoms with Crippen molar-refractivity contribution in [2.75, 3.05) is 6.61 Å². The lowest BCUT2D eigenvalue weighted by Crippen LogP contribution is -2.45. The number of ether oxygens (including phenoxy) is 1. The summed E-state index contributed by atoms with van der Waals surface area (Å²) in [5, 5.41) is 9.71. The van der Waals surface area contributed by atoms with Crippen LogP contribution in [0.2, 0.25) is 0 Å². The third-order valence-corrected chi connectivity index (χ3v) is 3.21. The average molecular weight is 285 g/mol. The van der Waals surface area contributed by atoms with E-state index in [1.54, 1.807) is 6.92 Å². The lowest BCUT2D eigenvalue weighted by atomic mass is 9.93. The van der Waals surface area contributed by atoms with Gasteiger partial charge in [0.25, 0.3) is 4.58 Å². The molecule has 0 aliphatic rings. The van der Waals surface area contributed by atoms with Crippen LogP contribution in [-0.4, -0.2) is 28.4 Å². The molecule has 0 amide bonds. The minimum atomic E-state index is -2.50. The largest absolute Gasteiger partial charge is 0.463 e. The van der Waals surface area contributed by atoms with Gasteiger partial charge in [-0.15, -0.1) is 0 Å². The smallest absolute Gasteiger partial charge is 0.357 e. The molecule has 0 bridgehead atoms. The number of halogens is 2. The van der Waals surface area contributed by atoms with Gasteiger partial charge in [0.15, 0.2) is 0 Å². The van der Waals surface area contributed by atoms with E-state index in [1.807, 2.05) is 13.8 Å². The molecule has 1 N–H and O–H groups in total. The van der Waals surface area contributed by atoms with E-state index in [2.05, 4.69) is 20.7 Å². The monoisotopic (exact) mass is 284 g/mol. The Morgan fingerprint density at radius 3 is 2.27 bits per heavy atom. The van der Waals surface area contributed by atoms with Crippen molar-refractivity contribution >= 4 is 21.9 Å². The molecule has 15 heavy (non-hydrogen) atoms. The third-order valence-electron chi connectivity index (χ3n) is 2.41. The van der Waals surface area contributed by atoms with Crippen LogP contribution in [0, 0.1) is 5.92 Å². The normalized spacial score (nSPS) is 17.3. The van der Waals surface area contributed by atoms with Crippen LogP contribution in [0.4, 0.5) is 4.39 Å². The van der Waals surface area contributed by atoms with Gasteiger partial charge in [0.1, 0.15) is 6.10 Å². The molecule has 0 spiro atoms.